The van der Waals surface area contributed by atoms with E-state index in [1.54, 1.807) is 24.3 Å². The van der Waals surface area contributed by atoms with Crippen LogP contribution in [-0.2, 0) is 14.8 Å². The number of sulfonamides is 1. The van der Waals surface area contributed by atoms with Gasteiger partial charge in [0.2, 0.25) is 21.8 Å². The number of carbonyl (C=O) groups excluding carboxylic acids is 1. The Bertz CT molecular complexity index is 876. The van der Waals surface area contributed by atoms with E-state index in [1.165, 1.54) is 16.1 Å². The quantitative estimate of drug-likeness (QED) is 0.710. The van der Waals surface area contributed by atoms with E-state index in [9.17, 15) is 13.2 Å². The van der Waals surface area contributed by atoms with Gasteiger partial charge in [-0.3, -0.25) is 4.79 Å². The molecule has 2 aromatic rings. The highest BCUT2D eigenvalue weighted by Gasteiger charge is 2.26. The summed E-state index contributed by atoms with van der Waals surface area (Å²) in [6.45, 7) is 1.10. The lowest BCUT2D eigenvalue weighted by molar-refractivity contribution is -0.117. The van der Waals surface area contributed by atoms with Crippen LogP contribution in [0, 0.1) is 0 Å². The van der Waals surface area contributed by atoms with Crippen LogP contribution in [0.1, 0.15) is 25.7 Å². The highest BCUT2D eigenvalue weighted by Crippen LogP contribution is 2.27. The minimum absolute atomic E-state index is 0.214. The van der Waals surface area contributed by atoms with Crippen molar-refractivity contribution in [1.82, 2.24) is 14.5 Å². The summed E-state index contributed by atoms with van der Waals surface area (Å²) in [4.78, 5) is 11.0. The number of primary amides is 1. The molecule has 0 spiro atoms. The Labute approximate surface area is 156 Å². The summed E-state index contributed by atoms with van der Waals surface area (Å²) in [6, 6.07) is 6.51. The van der Waals surface area contributed by atoms with Gasteiger partial charge in [0.05, 0.1) is 4.90 Å². The summed E-state index contributed by atoms with van der Waals surface area (Å²) in [7, 11) is -3.52. The zero-order valence-electron chi connectivity index (χ0n) is 14.1. The van der Waals surface area contributed by atoms with E-state index in [-0.39, 0.29) is 17.2 Å². The average molecular weight is 396 g/mol. The number of hydrogen-bond acceptors (Lipinski definition) is 7. The molecule has 0 bridgehead atoms. The van der Waals surface area contributed by atoms with Crippen LogP contribution in [0.5, 0.6) is 0 Å². The number of hydrogen-bond donors (Lipinski definition) is 1. The second-order valence-corrected chi connectivity index (χ2v) is 8.91. The number of rotatable bonds is 7. The van der Waals surface area contributed by atoms with Crippen molar-refractivity contribution in [2.45, 2.75) is 35.8 Å². The highest BCUT2D eigenvalue weighted by atomic mass is 32.2. The molecule has 140 valence electrons. The Hall–Kier alpha value is -1.91. The lowest BCUT2D eigenvalue weighted by Gasteiger charge is -2.25. The number of benzene rings is 1. The zero-order valence-corrected chi connectivity index (χ0v) is 15.8. The summed E-state index contributed by atoms with van der Waals surface area (Å²) >= 11 is 1.23. The molecule has 3 rings (SSSR count). The molecule has 26 heavy (non-hydrogen) atoms. The number of amides is 1. The monoisotopic (exact) mass is 396 g/mol. The molecule has 1 amide bonds. The molecule has 0 radical (unpaired) electrons. The van der Waals surface area contributed by atoms with Gasteiger partial charge in [-0.1, -0.05) is 24.2 Å². The first kappa shape index (κ1) is 18.9. The van der Waals surface area contributed by atoms with Gasteiger partial charge >= 0.3 is 0 Å². The summed E-state index contributed by atoms with van der Waals surface area (Å²) in [6.07, 6.45) is 3.04. The molecule has 1 aliphatic rings. The number of aromatic nitrogens is 2. The van der Waals surface area contributed by atoms with Gasteiger partial charge in [-0.05, 0) is 31.0 Å². The first-order chi connectivity index (χ1) is 12.5. The number of nitrogens with zero attached hydrogens (tertiary/aromatic N) is 3. The van der Waals surface area contributed by atoms with Crippen LogP contribution in [0.15, 0.2) is 38.8 Å². The molecule has 8 nitrogen and oxygen atoms in total. The van der Waals surface area contributed by atoms with Crippen molar-refractivity contribution in [1.29, 1.82) is 0 Å². The number of carbonyl (C=O) groups is 1. The van der Waals surface area contributed by atoms with Gasteiger partial charge in [-0.25, -0.2) is 8.42 Å². The van der Waals surface area contributed by atoms with E-state index in [0.29, 0.717) is 29.6 Å². The first-order valence-corrected chi connectivity index (χ1v) is 10.7. The van der Waals surface area contributed by atoms with Crippen LogP contribution in [0.25, 0.3) is 11.5 Å². The fourth-order valence-electron chi connectivity index (χ4n) is 2.67. The molecule has 1 aromatic heterocycles. The lowest BCUT2D eigenvalue weighted by Crippen LogP contribution is -2.35. The summed E-state index contributed by atoms with van der Waals surface area (Å²) in [5.74, 6) is 0.287. The average Bonchev–Trinajstić information content (AvgIpc) is 3.11. The molecule has 0 unspecified atom stereocenters. The SMILES string of the molecule is NC(=O)CCSc1nnc(-c2cccc(S(=O)(=O)N3CCCCC3)c2)o1. The van der Waals surface area contributed by atoms with E-state index in [1.807, 2.05) is 0 Å². The summed E-state index contributed by atoms with van der Waals surface area (Å²) in [5.41, 5.74) is 5.63. The lowest BCUT2D eigenvalue weighted by atomic mass is 10.2. The molecular formula is C16H20N4O4S2. The normalized spacial score (nSPS) is 15.8. The number of thioether (sulfide) groups is 1. The maximum atomic E-state index is 12.8. The van der Waals surface area contributed by atoms with Gasteiger partial charge in [0.15, 0.2) is 0 Å². The van der Waals surface area contributed by atoms with Gasteiger partial charge in [0.1, 0.15) is 0 Å². The molecule has 0 aliphatic carbocycles. The molecule has 2 heterocycles. The molecule has 0 atom stereocenters. The predicted molar refractivity (Wildman–Crippen MR) is 96.9 cm³/mol. The van der Waals surface area contributed by atoms with Crippen LogP contribution < -0.4 is 5.73 Å². The number of piperidine rings is 1. The second kappa shape index (κ2) is 8.19. The molecule has 1 aromatic carbocycles. The zero-order chi connectivity index (χ0) is 18.6. The summed E-state index contributed by atoms with van der Waals surface area (Å²) < 4.78 is 32.7. The van der Waals surface area contributed by atoms with Gasteiger partial charge in [-0.2, -0.15) is 4.31 Å². The molecule has 0 saturated carbocycles. The third kappa shape index (κ3) is 4.43. The first-order valence-electron chi connectivity index (χ1n) is 8.32. The third-order valence-electron chi connectivity index (χ3n) is 4.01. The van der Waals surface area contributed by atoms with Crippen molar-refractivity contribution in [2.75, 3.05) is 18.8 Å². The van der Waals surface area contributed by atoms with Gasteiger partial charge in [-0.15, -0.1) is 10.2 Å². The van der Waals surface area contributed by atoms with Crippen molar-refractivity contribution < 1.29 is 17.6 Å². The van der Waals surface area contributed by atoms with Crippen LogP contribution in [-0.4, -0.2) is 47.7 Å². The molecule has 1 saturated heterocycles. The van der Waals surface area contributed by atoms with Crippen molar-refractivity contribution in [3.05, 3.63) is 24.3 Å². The van der Waals surface area contributed by atoms with Crippen molar-refractivity contribution >= 4 is 27.7 Å². The molecular weight excluding hydrogens is 376 g/mol. The topological polar surface area (TPSA) is 119 Å². The minimum Gasteiger partial charge on any atom is -0.411 e. The van der Waals surface area contributed by atoms with E-state index < -0.39 is 15.9 Å². The largest absolute Gasteiger partial charge is 0.411 e. The molecule has 2 N–H and O–H groups in total. The maximum Gasteiger partial charge on any atom is 0.276 e. The van der Waals surface area contributed by atoms with E-state index in [4.69, 9.17) is 10.2 Å². The molecule has 1 fully saturated rings. The Balaban J connectivity index is 1.77. The van der Waals surface area contributed by atoms with Gasteiger partial charge in [0, 0.05) is 30.8 Å². The minimum atomic E-state index is -3.52. The van der Waals surface area contributed by atoms with Crippen molar-refractivity contribution in [3.8, 4) is 11.5 Å². The predicted octanol–water partition coefficient (Wildman–Crippen LogP) is 1.88. The molecule has 10 heteroatoms. The van der Waals surface area contributed by atoms with Crippen LogP contribution >= 0.6 is 11.8 Å². The van der Waals surface area contributed by atoms with E-state index in [2.05, 4.69) is 10.2 Å². The maximum absolute atomic E-state index is 12.8. The van der Waals surface area contributed by atoms with Gasteiger partial charge in [0.25, 0.3) is 5.22 Å². The Morgan fingerprint density at radius 1 is 1.23 bits per heavy atom. The fraction of sp³-hybridized carbons (Fsp3) is 0.438. The van der Waals surface area contributed by atoms with Gasteiger partial charge < -0.3 is 10.2 Å². The number of nitrogens with two attached hydrogens (primary N) is 1. The van der Waals surface area contributed by atoms with Crippen LogP contribution in [0.2, 0.25) is 0 Å². The third-order valence-corrected chi connectivity index (χ3v) is 6.73. The molecule has 1 aliphatic heterocycles. The second-order valence-electron chi connectivity index (χ2n) is 5.93. The van der Waals surface area contributed by atoms with Crippen LogP contribution in [0.4, 0.5) is 0 Å². The smallest absolute Gasteiger partial charge is 0.276 e. The Morgan fingerprint density at radius 2 is 2.00 bits per heavy atom. The van der Waals surface area contributed by atoms with Crippen molar-refractivity contribution in [3.63, 3.8) is 0 Å². The standard InChI is InChI=1S/C16H20N4O4S2/c17-14(21)7-10-25-16-19-18-15(24-16)12-5-4-6-13(11-12)26(22,23)20-8-2-1-3-9-20/h4-6,11H,1-3,7-10H2,(H2,17,21). The summed E-state index contributed by atoms with van der Waals surface area (Å²) in [5, 5.41) is 8.17. The highest BCUT2D eigenvalue weighted by molar-refractivity contribution is 7.99. The Morgan fingerprint density at radius 3 is 2.73 bits per heavy atom. The Kier molecular flexibility index (Phi) is 5.94. The van der Waals surface area contributed by atoms with Crippen molar-refractivity contribution in [2.24, 2.45) is 5.73 Å². The van der Waals surface area contributed by atoms with E-state index in [0.717, 1.165) is 19.3 Å². The van der Waals surface area contributed by atoms with Crippen LogP contribution in [0.3, 0.4) is 0 Å². The fourth-order valence-corrected chi connectivity index (χ4v) is 4.95. The van der Waals surface area contributed by atoms with E-state index >= 15 is 0 Å².